The fourth-order valence-corrected chi connectivity index (χ4v) is 2.10. The Morgan fingerprint density at radius 1 is 1.40 bits per heavy atom. The zero-order valence-corrected chi connectivity index (χ0v) is 11.9. The third-order valence-electron chi connectivity index (χ3n) is 3.35. The van der Waals surface area contributed by atoms with Crippen LogP contribution in [0.1, 0.15) is 31.7 Å². The highest BCUT2D eigenvalue weighted by Gasteiger charge is 2.06. The minimum Gasteiger partial charge on any atom is -0.408 e. The molecule has 0 aliphatic heterocycles. The number of nitrogens with zero attached hydrogens (tertiary/aromatic N) is 1. The molecule has 0 aliphatic rings. The van der Waals surface area contributed by atoms with E-state index < -0.39 is 0 Å². The van der Waals surface area contributed by atoms with E-state index in [0.29, 0.717) is 18.5 Å². The summed E-state index contributed by atoms with van der Waals surface area (Å²) in [6.45, 7) is 2.68. The van der Waals surface area contributed by atoms with Crippen LogP contribution >= 0.6 is 0 Å². The van der Waals surface area contributed by atoms with Crippen molar-refractivity contribution < 1.29 is 9.21 Å². The van der Waals surface area contributed by atoms with Crippen LogP contribution in [0.4, 0.5) is 0 Å². The van der Waals surface area contributed by atoms with Gasteiger partial charge in [-0.1, -0.05) is 19.4 Å². The number of benzene rings is 1. The second kappa shape index (κ2) is 6.41. The molecular weight excluding hydrogens is 256 g/mol. The molecule has 5 nitrogen and oxygen atoms in total. The van der Waals surface area contributed by atoms with Gasteiger partial charge in [0.15, 0.2) is 5.58 Å². The topological polar surface area (TPSA) is 64.2 Å². The third-order valence-corrected chi connectivity index (χ3v) is 3.35. The van der Waals surface area contributed by atoms with Crippen LogP contribution in [0.2, 0.25) is 0 Å². The number of unbranched alkanes of at least 4 members (excludes halogenated alkanes) is 1. The Balaban J connectivity index is 1.95. The lowest BCUT2D eigenvalue weighted by atomic mass is 10.1. The maximum Gasteiger partial charge on any atom is 0.419 e. The zero-order valence-electron chi connectivity index (χ0n) is 11.9. The Morgan fingerprint density at radius 3 is 2.95 bits per heavy atom. The Morgan fingerprint density at radius 2 is 2.20 bits per heavy atom. The molecule has 0 saturated carbocycles. The molecule has 108 valence electrons. The molecular formula is C15H20N2O3. The molecule has 0 saturated heterocycles. The third kappa shape index (κ3) is 3.29. The lowest BCUT2D eigenvalue weighted by Gasteiger charge is -2.05. The molecule has 0 aliphatic carbocycles. The molecule has 0 unspecified atom stereocenters. The summed E-state index contributed by atoms with van der Waals surface area (Å²) in [5, 5.41) is 2.90. The number of carbonyl (C=O) groups is 1. The highest BCUT2D eigenvalue weighted by Crippen LogP contribution is 2.14. The van der Waals surface area contributed by atoms with Gasteiger partial charge in [-0.25, -0.2) is 4.79 Å². The largest absolute Gasteiger partial charge is 0.419 e. The van der Waals surface area contributed by atoms with Crippen molar-refractivity contribution in [3.05, 3.63) is 34.3 Å². The van der Waals surface area contributed by atoms with Crippen LogP contribution in [0, 0.1) is 0 Å². The number of amides is 1. The van der Waals surface area contributed by atoms with E-state index in [1.54, 1.807) is 13.1 Å². The highest BCUT2D eigenvalue weighted by molar-refractivity contribution is 5.76. The second-order valence-corrected chi connectivity index (χ2v) is 4.93. The average Bonchev–Trinajstić information content (AvgIpc) is 2.72. The Hall–Kier alpha value is -2.04. The lowest BCUT2D eigenvalue weighted by Crippen LogP contribution is -2.25. The van der Waals surface area contributed by atoms with Crippen LogP contribution in [0.5, 0.6) is 0 Å². The van der Waals surface area contributed by atoms with Gasteiger partial charge in [-0.2, -0.15) is 0 Å². The first-order valence-electron chi connectivity index (χ1n) is 6.97. The highest BCUT2D eigenvalue weighted by atomic mass is 16.4. The fraction of sp³-hybridized carbons (Fsp3) is 0.467. The van der Waals surface area contributed by atoms with Gasteiger partial charge in [0.05, 0.1) is 5.52 Å². The summed E-state index contributed by atoms with van der Waals surface area (Å²) in [5.41, 5.74) is 2.45. The smallest absolute Gasteiger partial charge is 0.408 e. The van der Waals surface area contributed by atoms with E-state index >= 15 is 0 Å². The van der Waals surface area contributed by atoms with Crippen LogP contribution in [0.25, 0.3) is 11.1 Å². The van der Waals surface area contributed by atoms with E-state index in [9.17, 15) is 9.59 Å². The number of rotatable bonds is 6. The van der Waals surface area contributed by atoms with Crippen LogP contribution in [-0.4, -0.2) is 17.0 Å². The summed E-state index contributed by atoms with van der Waals surface area (Å²) in [7, 11) is 1.68. The van der Waals surface area contributed by atoms with Crippen molar-refractivity contribution in [3.8, 4) is 0 Å². The second-order valence-electron chi connectivity index (χ2n) is 4.93. The number of hydrogen-bond acceptors (Lipinski definition) is 3. The van der Waals surface area contributed by atoms with E-state index in [-0.39, 0.29) is 11.7 Å². The van der Waals surface area contributed by atoms with Crippen molar-refractivity contribution in [3.63, 3.8) is 0 Å². The maximum atomic E-state index is 11.5. The molecule has 1 aromatic heterocycles. The van der Waals surface area contributed by atoms with E-state index in [1.165, 1.54) is 4.57 Å². The van der Waals surface area contributed by atoms with Crippen molar-refractivity contribution in [2.45, 2.75) is 32.6 Å². The first-order chi connectivity index (χ1) is 9.61. The molecule has 0 radical (unpaired) electrons. The average molecular weight is 276 g/mol. The quantitative estimate of drug-likeness (QED) is 0.877. The minimum atomic E-state index is -0.356. The standard InChI is InChI=1S/C15H20N2O3/c1-3-4-5-14(18)16-9-8-11-6-7-13-12(10-11)17(2)15(19)20-13/h6-7,10H,3-5,8-9H2,1-2H3,(H,16,18). The van der Waals surface area contributed by atoms with E-state index in [0.717, 1.165) is 30.3 Å². The van der Waals surface area contributed by atoms with Crippen LogP contribution in [0.3, 0.4) is 0 Å². The molecule has 0 atom stereocenters. The SMILES string of the molecule is CCCCC(=O)NCCc1ccc2oc(=O)n(C)c2c1. The van der Waals surface area contributed by atoms with Crippen molar-refractivity contribution in [1.29, 1.82) is 0 Å². The van der Waals surface area contributed by atoms with Gasteiger partial charge in [0, 0.05) is 20.0 Å². The van der Waals surface area contributed by atoms with Crippen molar-refractivity contribution in [2.24, 2.45) is 7.05 Å². The number of hydrogen-bond donors (Lipinski definition) is 1. The minimum absolute atomic E-state index is 0.101. The van der Waals surface area contributed by atoms with E-state index in [4.69, 9.17) is 4.42 Å². The summed E-state index contributed by atoms with van der Waals surface area (Å²) in [6.07, 6.45) is 3.28. The van der Waals surface area contributed by atoms with Crippen molar-refractivity contribution >= 4 is 17.0 Å². The van der Waals surface area contributed by atoms with Gasteiger partial charge in [0.2, 0.25) is 5.91 Å². The van der Waals surface area contributed by atoms with Gasteiger partial charge < -0.3 is 9.73 Å². The summed E-state index contributed by atoms with van der Waals surface area (Å²) < 4.78 is 6.56. The molecule has 2 rings (SSSR count). The molecule has 1 heterocycles. The van der Waals surface area contributed by atoms with Gasteiger partial charge in [-0.15, -0.1) is 0 Å². The molecule has 0 spiro atoms. The first-order valence-corrected chi connectivity index (χ1v) is 6.97. The molecule has 20 heavy (non-hydrogen) atoms. The monoisotopic (exact) mass is 276 g/mol. The normalized spacial score (nSPS) is 10.9. The number of aromatic nitrogens is 1. The number of aryl methyl sites for hydroxylation is 1. The maximum absolute atomic E-state index is 11.5. The van der Waals surface area contributed by atoms with Gasteiger partial charge >= 0.3 is 5.76 Å². The van der Waals surface area contributed by atoms with E-state index in [2.05, 4.69) is 12.2 Å². The van der Waals surface area contributed by atoms with Gasteiger partial charge in [0.1, 0.15) is 0 Å². The summed E-state index contributed by atoms with van der Waals surface area (Å²) >= 11 is 0. The van der Waals surface area contributed by atoms with E-state index in [1.807, 2.05) is 12.1 Å². The van der Waals surface area contributed by atoms with Crippen LogP contribution in [-0.2, 0) is 18.3 Å². The van der Waals surface area contributed by atoms with Crippen molar-refractivity contribution in [2.75, 3.05) is 6.54 Å². The van der Waals surface area contributed by atoms with Crippen LogP contribution < -0.4 is 11.1 Å². The van der Waals surface area contributed by atoms with Gasteiger partial charge in [-0.05, 0) is 30.5 Å². The molecule has 5 heteroatoms. The molecule has 1 N–H and O–H groups in total. The van der Waals surface area contributed by atoms with Gasteiger partial charge in [-0.3, -0.25) is 9.36 Å². The molecule has 0 bridgehead atoms. The Kier molecular flexibility index (Phi) is 4.61. The Labute approximate surface area is 117 Å². The predicted octanol–water partition coefficient (Wildman–Crippen LogP) is 1.98. The van der Waals surface area contributed by atoms with Crippen molar-refractivity contribution in [1.82, 2.24) is 9.88 Å². The molecule has 2 aromatic rings. The van der Waals surface area contributed by atoms with Crippen LogP contribution in [0.15, 0.2) is 27.4 Å². The lowest BCUT2D eigenvalue weighted by molar-refractivity contribution is -0.121. The van der Waals surface area contributed by atoms with Gasteiger partial charge in [0.25, 0.3) is 0 Å². The summed E-state index contributed by atoms with van der Waals surface area (Å²) in [6, 6.07) is 5.65. The first kappa shape index (κ1) is 14.4. The number of nitrogens with one attached hydrogen (secondary N) is 1. The number of carbonyl (C=O) groups excluding carboxylic acids is 1. The number of oxazole rings is 1. The molecule has 1 amide bonds. The molecule has 1 aromatic carbocycles. The Bertz CT molecular complexity index is 655. The fourth-order valence-electron chi connectivity index (χ4n) is 2.10. The predicted molar refractivity (Wildman–Crippen MR) is 77.7 cm³/mol. The zero-order chi connectivity index (χ0) is 14.5. The summed E-state index contributed by atoms with van der Waals surface area (Å²) in [4.78, 5) is 22.9. The molecule has 0 fully saturated rings. The summed E-state index contributed by atoms with van der Waals surface area (Å²) in [5.74, 6) is -0.256. The number of fused-ring (bicyclic) bond motifs is 1.